The minimum Gasteiger partial charge on any atom is -0.548 e. The number of carboxylic acid groups (broad SMARTS) is 1. The maximum atomic E-state index is 13.1. The third kappa shape index (κ3) is 4.38. The smallest absolute Gasteiger partial charge is 0.548 e. The van der Waals surface area contributed by atoms with Crippen molar-refractivity contribution in [2.45, 2.75) is 6.92 Å². The number of amides is 1. The Balaban J connectivity index is 0.00000272. The van der Waals surface area contributed by atoms with Gasteiger partial charge < -0.3 is 24.4 Å². The third-order valence-electron chi connectivity index (χ3n) is 4.77. The van der Waals surface area contributed by atoms with Crippen molar-refractivity contribution in [3.8, 4) is 5.75 Å². The maximum Gasteiger partial charge on any atom is 1.00 e. The van der Waals surface area contributed by atoms with Crippen LogP contribution in [0.25, 0.3) is 0 Å². The van der Waals surface area contributed by atoms with E-state index in [0.717, 1.165) is 11.4 Å². The molecule has 2 aliphatic rings. The number of ether oxygens (including phenoxy) is 1. The van der Waals surface area contributed by atoms with Crippen LogP contribution >= 0.6 is 12.2 Å². The summed E-state index contributed by atoms with van der Waals surface area (Å²) in [4.78, 5) is 28.9. The molecule has 31 heavy (non-hydrogen) atoms. The molecular formula is C22H18N3NaO4S. The fourth-order valence-electron chi connectivity index (χ4n) is 3.44. The molecule has 0 bridgehead atoms. The molecule has 0 aliphatic carbocycles. The Labute approximate surface area is 207 Å². The maximum absolute atomic E-state index is 13.1. The summed E-state index contributed by atoms with van der Waals surface area (Å²) in [5, 5.41) is 11.4. The van der Waals surface area contributed by atoms with Gasteiger partial charge in [-0.2, -0.15) is 0 Å². The number of hydrogen-bond acceptors (Lipinski definition) is 6. The summed E-state index contributed by atoms with van der Waals surface area (Å²) < 4.78 is 5.90. The van der Waals surface area contributed by atoms with Crippen molar-refractivity contribution in [2.75, 3.05) is 22.9 Å². The van der Waals surface area contributed by atoms with Crippen molar-refractivity contribution in [2.24, 2.45) is 0 Å². The fraction of sp³-hybridized carbons (Fsp3) is 0.136. The number of nitrogens with zero attached hydrogens (tertiary/aromatic N) is 3. The Kier molecular flexibility index (Phi) is 7.17. The van der Waals surface area contributed by atoms with Gasteiger partial charge in [-0.3, -0.25) is 9.69 Å². The monoisotopic (exact) mass is 443 g/mol. The molecule has 2 aromatic rings. The number of thiocarbonyl (C=S) groups is 1. The number of allylic oxidation sites excluding steroid dienone is 2. The topological polar surface area (TPSA) is 76.2 Å². The molecule has 4 rings (SSSR count). The van der Waals surface area contributed by atoms with E-state index in [1.54, 1.807) is 30.3 Å². The predicted octanol–water partition coefficient (Wildman–Crippen LogP) is -0.982. The number of carboxylic acids is 1. The average Bonchev–Trinajstić information content (AvgIpc) is 3.21. The van der Waals surface area contributed by atoms with Crippen molar-refractivity contribution in [1.82, 2.24) is 4.90 Å². The van der Waals surface area contributed by atoms with Gasteiger partial charge in [-0.1, -0.05) is 30.3 Å². The number of carbonyl (C=O) groups excluding carboxylic acids is 2. The van der Waals surface area contributed by atoms with Gasteiger partial charge in [0.1, 0.15) is 5.70 Å². The Morgan fingerprint density at radius 1 is 1.06 bits per heavy atom. The SMILES string of the molecule is CCN1C(=CC=C2C(=O)N(c3ccccc3)C(=S)N2CC(=O)[O-])Oc2ccccc21.[Na+]. The first-order valence-electron chi connectivity index (χ1n) is 9.38. The van der Waals surface area contributed by atoms with Gasteiger partial charge in [-0.05, 0) is 49.5 Å². The molecule has 2 aliphatic heterocycles. The number of carbonyl (C=O) groups is 2. The second-order valence-corrected chi connectivity index (χ2v) is 6.95. The summed E-state index contributed by atoms with van der Waals surface area (Å²) in [6.45, 7) is 2.13. The van der Waals surface area contributed by atoms with E-state index in [-0.39, 0.29) is 40.4 Å². The molecule has 7 nitrogen and oxygen atoms in total. The van der Waals surface area contributed by atoms with Crippen LogP contribution in [0.2, 0.25) is 0 Å². The van der Waals surface area contributed by atoms with E-state index in [0.29, 0.717) is 18.1 Å². The molecule has 0 saturated carbocycles. The largest absolute Gasteiger partial charge is 1.00 e. The first-order valence-corrected chi connectivity index (χ1v) is 9.79. The molecule has 1 amide bonds. The predicted molar refractivity (Wildman–Crippen MR) is 114 cm³/mol. The molecule has 0 aromatic heterocycles. The molecule has 2 aromatic carbocycles. The van der Waals surface area contributed by atoms with Crippen LogP contribution in [-0.2, 0) is 9.59 Å². The molecule has 0 spiro atoms. The molecule has 152 valence electrons. The van der Waals surface area contributed by atoms with Gasteiger partial charge in [0.05, 0.1) is 23.9 Å². The van der Waals surface area contributed by atoms with Crippen LogP contribution < -0.4 is 49.2 Å². The van der Waals surface area contributed by atoms with E-state index in [1.807, 2.05) is 42.2 Å². The molecule has 1 fully saturated rings. The zero-order valence-corrected chi connectivity index (χ0v) is 20.0. The first kappa shape index (κ1) is 23.0. The van der Waals surface area contributed by atoms with Gasteiger partial charge in [0, 0.05) is 12.6 Å². The van der Waals surface area contributed by atoms with E-state index in [2.05, 4.69) is 0 Å². The molecule has 0 unspecified atom stereocenters. The second-order valence-electron chi connectivity index (χ2n) is 6.59. The van der Waals surface area contributed by atoms with Crippen molar-refractivity contribution in [1.29, 1.82) is 0 Å². The number of rotatable bonds is 5. The van der Waals surface area contributed by atoms with Crippen LogP contribution in [0.15, 0.2) is 78.3 Å². The van der Waals surface area contributed by atoms with Crippen LogP contribution in [0.1, 0.15) is 6.92 Å². The quantitative estimate of drug-likeness (QED) is 0.334. The van der Waals surface area contributed by atoms with Crippen molar-refractivity contribution in [3.05, 3.63) is 78.3 Å². The van der Waals surface area contributed by atoms with E-state index >= 15 is 0 Å². The summed E-state index contributed by atoms with van der Waals surface area (Å²) in [7, 11) is 0. The number of para-hydroxylation sites is 3. The van der Waals surface area contributed by atoms with Crippen LogP contribution in [0.5, 0.6) is 5.75 Å². The average molecular weight is 443 g/mol. The summed E-state index contributed by atoms with van der Waals surface area (Å²) in [5.41, 5.74) is 1.62. The van der Waals surface area contributed by atoms with E-state index in [4.69, 9.17) is 17.0 Å². The van der Waals surface area contributed by atoms with Crippen molar-refractivity contribution < 1.29 is 49.0 Å². The zero-order valence-electron chi connectivity index (χ0n) is 17.1. The summed E-state index contributed by atoms with van der Waals surface area (Å²) >= 11 is 5.40. The minimum atomic E-state index is -1.33. The van der Waals surface area contributed by atoms with Crippen molar-refractivity contribution in [3.63, 3.8) is 0 Å². The Bertz CT molecular complexity index is 1090. The van der Waals surface area contributed by atoms with Crippen LogP contribution in [0, 0.1) is 0 Å². The van der Waals surface area contributed by atoms with Gasteiger partial charge in [-0.25, -0.2) is 0 Å². The number of anilines is 2. The molecule has 0 radical (unpaired) electrons. The number of fused-ring (bicyclic) bond motifs is 1. The third-order valence-corrected chi connectivity index (χ3v) is 5.18. The normalized spacial score (nSPS) is 17.8. The molecule has 2 heterocycles. The number of hydrogen-bond donors (Lipinski definition) is 0. The standard InChI is InChI=1S/C22H19N3O4S.Na/c1-2-23-16-10-6-7-11-18(16)29-19(23)13-12-17-21(28)25(15-8-4-3-5-9-15)22(30)24(17)14-20(26)27;/h3-13H,2,14H2,1H3,(H,26,27);/q;+1/p-1. The van der Waals surface area contributed by atoms with Gasteiger partial charge in [0.2, 0.25) is 5.88 Å². The molecule has 0 atom stereocenters. The van der Waals surface area contributed by atoms with E-state index < -0.39 is 18.4 Å². The van der Waals surface area contributed by atoms with Gasteiger partial charge in [-0.15, -0.1) is 0 Å². The van der Waals surface area contributed by atoms with E-state index in [9.17, 15) is 14.7 Å². The first-order chi connectivity index (χ1) is 14.5. The molecule has 9 heteroatoms. The Morgan fingerprint density at radius 3 is 2.42 bits per heavy atom. The summed E-state index contributed by atoms with van der Waals surface area (Å²) in [6, 6.07) is 16.5. The fourth-order valence-corrected chi connectivity index (χ4v) is 3.79. The Hall–Kier alpha value is -2.65. The van der Waals surface area contributed by atoms with Crippen LogP contribution in [0.4, 0.5) is 11.4 Å². The number of benzene rings is 2. The minimum absolute atomic E-state index is 0. The van der Waals surface area contributed by atoms with E-state index in [1.165, 1.54) is 15.9 Å². The zero-order chi connectivity index (χ0) is 21.3. The Morgan fingerprint density at radius 2 is 1.74 bits per heavy atom. The van der Waals surface area contributed by atoms with Gasteiger partial charge in [0.15, 0.2) is 10.9 Å². The van der Waals surface area contributed by atoms with Gasteiger partial charge in [0.25, 0.3) is 5.91 Å². The van der Waals surface area contributed by atoms with Crippen molar-refractivity contribution >= 4 is 40.6 Å². The van der Waals surface area contributed by atoms with Gasteiger partial charge >= 0.3 is 29.6 Å². The summed E-state index contributed by atoms with van der Waals surface area (Å²) in [6.07, 6.45) is 3.18. The molecular weight excluding hydrogens is 425 g/mol. The van der Waals surface area contributed by atoms with Crippen LogP contribution in [0.3, 0.4) is 0 Å². The summed E-state index contributed by atoms with van der Waals surface area (Å²) in [5.74, 6) is -0.493. The number of aliphatic carboxylic acids is 1. The molecule has 1 saturated heterocycles. The second kappa shape index (κ2) is 9.65. The van der Waals surface area contributed by atoms with Crippen LogP contribution in [-0.4, -0.2) is 35.0 Å². The molecule has 0 N–H and O–H groups in total.